The van der Waals surface area contributed by atoms with Crippen molar-refractivity contribution in [1.82, 2.24) is 15.2 Å². The van der Waals surface area contributed by atoms with Crippen LogP contribution >= 0.6 is 11.3 Å². The Labute approximate surface area is 111 Å². The zero-order chi connectivity index (χ0) is 13.2. The third-order valence-electron chi connectivity index (χ3n) is 3.51. The van der Waals surface area contributed by atoms with Crippen LogP contribution in [0.4, 0.5) is 5.13 Å². The quantitative estimate of drug-likeness (QED) is 0.861. The summed E-state index contributed by atoms with van der Waals surface area (Å²) in [5, 5.41) is 3.55. The van der Waals surface area contributed by atoms with Crippen LogP contribution in [0, 0.1) is 0 Å². The molecule has 0 aliphatic carbocycles. The number of hydrogen-bond acceptors (Lipinski definition) is 5. The van der Waals surface area contributed by atoms with Crippen molar-refractivity contribution in [3.05, 3.63) is 11.1 Å². The number of carbonyl (C=O) groups excluding carboxylic acids is 1. The predicted octanol–water partition coefficient (Wildman–Crippen LogP) is 1.22. The highest BCUT2D eigenvalue weighted by molar-refractivity contribution is 7.15. The van der Waals surface area contributed by atoms with Crippen LogP contribution < -0.4 is 11.1 Å². The molecule has 5 nitrogen and oxygen atoms in total. The maximum Gasteiger partial charge on any atom is 0.240 e. The number of rotatable bonds is 4. The Hall–Kier alpha value is -1.14. The first-order chi connectivity index (χ1) is 8.56. The summed E-state index contributed by atoms with van der Waals surface area (Å²) in [7, 11) is 0. The summed E-state index contributed by atoms with van der Waals surface area (Å²) < 4.78 is 0. The van der Waals surface area contributed by atoms with Crippen molar-refractivity contribution in [1.29, 1.82) is 0 Å². The molecule has 1 aliphatic rings. The summed E-state index contributed by atoms with van der Waals surface area (Å²) >= 11 is 1.49. The Morgan fingerprint density at radius 3 is 3.06 bits per heavy atom. The maximum absolute atomic E-state index is 12.1. The molecular formula is C12H20N4OS. The number of nitrogens with one attached hydrogen (secondary N) is 1. The lowest BCUT2D eigenvalue weighted by Gasteiger charge is -2.43. The van der Waals surface area contributed by atoms with Gasteiger partial charge in [-0.05, 0) is 13.3 Å². The fourth-order valence-electron chi connectivity index (χ4n) is 2.48. The second-order valence-corrected chi connectivity index (χ2v) is 6.01. The van der Waals surface area contributed by atoms with Gasteiger partial charge in [0.05, 0.1) is 5.54 Å². The molecule has 18 heavy (non-hydrogen) atoms. The summed E-state index contributed by atoms with van der Waals surface area (Å²) in [4.78, 5) is 19.5. The van der Waals surface area contributed by atoms with Crippen LogP contribution in [0.2, 0.25) is 0 Å². The molecule has 0 saturated carbocycles. The molecule has 0 spiro atoms. The fraction of sp³-hybridized carbons (Fsp3) is 0.667. The molecule has 1 aliphatic heterocycles. The SMILES string of the molecule is CCCC1(C)C(=O)NCCN1Cc1cnc(N)s1. The largest absolute Gasteiger partial charge is 0.375 e. The van der Waals surface area contributed by atoms with Crippen molar-refractivity contribution < 1.29 is 4.79 Å². The number of aromatic nitrogens is 1. The van der Waals surface area contributed by atoms with Crippen LogP contribution in [0.3, 0.4) is 0 Å². The lowest BCUT2D eigenvalue weighted by Crippen LogP contribution is -2.62. The lowest BCUT2D eigenvalue weighted by molar-refractivity contribution is -0.137. The van der Waals surface area contributed by atoms with Crippen molar-refractivity contribution in [2.24, 2.45) is 0 Å². The van der Waals surface area contributed by atoms with E-state index in [0.717, 1.165) is 30.8 Å². The van der Waals surface area contributed by atoms with E-state index in [1.54, 1.807) is 6.20 Å². The highest BCUT2D eigenvalue weighted by Gasteiger charge is 2.41. The molecule has 1 aromatic rings. The van der Waals surface area contributed by atoms with E-state index in [0.29, 0.717) is 11.7 Å². The van der Waals surface area contributed by atoms with E-state index in [9.17, 15) is 4.79 Å². The fourth-order valence-corrected chi connectivity index (χ4v) is 3.18. The number of nitrogen functional groups attached to an aromatic ring is 1. The van der Waals surface area contributed by atoms with E-state index >= 15 is 0 Å². The van der Waals surface area contributed by atoms with Gasteiger partial charge in [-0.15, -0.1) is 11.3 Å². The number of piperazine rings is 1. The minimum atomic E-state index is -0.411. The Bertz CT molecular complexity index is 433. The van der Waals surface area contributed by atoms with Gasteiger partial charge < -0.3 is 11.1 Å². The lowest BCUT2D eigenvalue weighted by atomic mass is 9.90. The average Bonchev–Trinajstić information content (AvgIpc) is 2.72. The van der Waals surface area contributed by atoms with Crippen molar-refractivity contribution in [2.75, 3.05) is 18.8 Å². The molecule has 2 heterocycles. The molecule has 1 amide bonds. The van der Waals surface area contributed by atoms with Gasteiger partial charge in [0, 0.05) is 30.7 Å². The van der Waals surface area contributed by atoms with Gasteiger partial charge in [-0.25, -0.2) is 4.98 Å². The number of amides is 1. The highest BCUT2D eigenvalue weighted by atomic mass is 32.1. The first kappa shape index (κ1) is 13.3. The smallest absolute Gasteiger partial charge is 0.240 e. The minimum absolute atomic E-state index is 0.132. The molecule has 1 atom stereocenters. The highest BCUT2D eigenvalue weighted by Crippen LogP contribution is 2.27. The molecule has 6 heteroatoms. The number of nitrogens with zero attached hydrogens (tertiary/aromatic N) is 2. The standard InChI is InChI=1S/C12H20N4OS/c1-3-4-12(2)10(17)14-5-6-16(12)8-9-7-15-11(13)18-9/h7H,3-6,8H2,1-2H3,(H2,13,15)(H,14,17). The van der Waals surface area contributed by atoms with Crippen LogP contribution in [0.1, 0.15) is 31.6 Å². The number of anilines is 1. The first-order valence-electron chi connectivity index (χ1n) is 6.30. The Morgan fingerprint density at radius 1 is 1.67 bits per heavy atom. The maximum atomic E-state index is 12.1. The van der Waals surface area contributed by atoms with Crippen molar-refractivity contribution in [3.8, 4) is 0 Å². The molecule has 1 saturated heterocycles. The molecule has 1 fully saturated rings. The molecule has 0 radical (unpaired) electrons. The van der Waals surface area contributed by atoms with Gasteiger partial charge in [0.15, 0.2) is 5.13 Å². The molecule has 0 bridgehead atoms. The third-order valence-corrected chi connectivity index (χ3v) is 4.32. The minimum Gasteiger partial charge on any atom is -0.375 e. The molecule has 1 unspecified atom stereocenters. The van der Waals surface area contributed by atoms with Gasteiger partial charge in [-0.3, -0.25) is 9.69 Å². The van der Waals surface area contributed by atoms with E-state index in [1.807, 2.05) is 6.92 Å². The molecular weight excluding hydrogens is 248 g/mol. The number of carbonyl (C=O) groups is 1. The molecule has 0 aromatic carbocycles. The summed E-state index contributed by atoms with van der Waals surface area (Å²) in [5.41, 5.74) is 5.24. The summed E-state index contributed by atoms with van der Waals surface area (Å²) in [5.74, 6) is 0.132. The normalized spacial score (nSPS) is 25.1. The number of hydrogen-bond donors (Lipinski definition) is 2. The molecule has 2 rings (SSSR count). The molecule has 3 N–H and O–H groups in total. The van der Waals surface area contributed by atoms with E-state index in [1.165, 1.54) is 11.3 Å². The summed E-state index contributed by atoms with van der Waals surface area (Å²) in [6.45, 7) is 6.47. The van der Waals surface area contributed by atoms with Crippen LogP contribution in [-0.2, 0) is 11.3 Å². The average molecular weight is 268 g/mol. The van der Waals surface area contributed by atoms with Crippen LogP contribution in [0.25, 0.3) is 0 Å². The predicted molar refractivity (Wildman–Crippen MR) is 73.3 cm³/mol. The first-order valence-corrected chi connectivity index (χ1v) is 7.11. The van der Waals surface area contributed by atoms with Gasteiger partial charge in [-0.2, -0.15) is 0 Å². The topological polar surface area (TPSA) is 71.2 Å². The van der Waals surface area contributed by atoms with Crippen molar-refractivity contribution >= 4 is 22.4 Å². The Balaban J connectivity index is 2.15. The van der Waals surface area contributed by atoms with E-state index in [4.69, 9.17) is 5.73 Å². The van der Waals surface area contributed by atoms with Gasteiger partial charge in [0.25, 0.3) is 0 Å². The van der Waals surface area contributed by atoms with Gasteiger partial charge in [0.2, 0.25) is 5.91 Å². The zero-order valence-electron chi connectivity index (χ0n) is 10.9. The molecule has 100 valence electrons. The third kappa shape index (κ3) is 2.49. The monoisotopic (exact) mass is 268 g/mol. The van der Waals surface area contributed by atoms with Crippen molar-refractivity contribution in [2.45, 2.75) is 38.8 Å². The molecule has 1 aromatic heterocycles. The van der Waals surface area contributed by atoms with Gasteiger partial charge >= 0.3 is 0 Å². The van der Waals surface area contributed by atoms with Gasteiger partial charge in [0.1, 0.15) is 0 Å². The van der Waals surface area contributed by atoms with Crippen molar-refractivity contribution in [3.63, 3.8) is 0 Å². The van der Waals surface area contributed by atoms with E-state index in [-0.39, 0.29) is 5.91 Å². The van der Waals surface area contributed by atoms with E-state index in [2.05, 4.69) is 22.1 Å². The van der Waals surface area contributed by atoms with Crippen LogP contribution in [0.15, 0.2) is 6.20 Å². The second-order valence-electron chi connectivity index (χ2n) is 4.87. The van der Waals surface area contributed by atoms with Crippen LogP contribution in [-0.4, -0.2) is 34.4 Å². The summed E-state index contributed by atoms with van der Waals surface area (Å²) in [6.07, 6.45) is 3.66. The van der Waals surface area contributed by atoms with E-state index < -0.39 is 5.54 Å². The number of thiazole rings is 1. The van der Waals surface area contributed by atoms with Crippen LogP contribution in [0.5, 0.6) is 0 Å². The van der Waals surface area contributed by atoms with Gasteiger partial charge in [-0.1, -0.05) is 13.3 Å². The zero-order valence-corrected chi connectivity index (χ0v) is 11.7. The number of nitrogens with two attached hydrogens (primary N) is 1. The second kappa shape index (κ2) is 5.24. The Morgan fingerprint density at radius 2 is 2.44 bits per heavy atom. The Kier molecular flexibility index (Phi) is 3.87. The summed E-state index contributed by atoms with van der Waals surface area (Å²) in [6, 6.07) is 0.